The monoisotopic (exact) mass is 241 g/mol. The Kier molecular flexibility index (Phi) is 4.48. The first-order chi connectivity index (χ1) is 7.19. The van der Waals surface area contributed by atoms with Gasteiger partial charge in [-0.25, -0.2) is 4.79 Å². The quantitative estimate of drug-likeness (QED) is 0.416. The minimum absolute atomic E-state index is 0.374. The Hall–Kier alpha value is -1.57. The van der Waals surface area contributed by atoms with E-state index in [2.05, 4.69) is 11.3 Å². The third-order valence-corrected chi connectivity index (χ3v) is 1.47. The van der Waals surface area contributed by atoms with E-state index in [-0.39, 0.29) is 6.61 Å². The molecule has 0 aromatic heterocycles. The largest absolute Gasteiger partial charge is 0.462 e. The number of amides is 1. The third-order valence-electron chi connectivity index (χ3n) is 1.47. The Morgan fingerprint density at radius 1 is 1.50 bits per heavy atom. The molecular weight excluding hydrogens is 231 g/mol. The second-order valence-electron chi connectivity index (χ2n) is 2.62. The van der Waals surface area contributed by atoms with E-state index in [0.717, 1.165) is 5.32 Å². The number of aliphatic hydroxyl groups is 1. The number of carbonyl (C=O) groups is 2. The van der Waals surface area contributed by atoms with Crippen LogP contribution in [0.4, 0.5) is 13.2 Å². The number of nitrogens with one attached hydrogen (secondary N) is 1. The van der Waals surface area contributed by atoms with Gasteiger partial charge in [0, 0.05) is 0 Å². The molecular formula is C8H10F3NO4. The summed E-state index contributed by atoms with van der Waals surface area (Å²) in [5, 5.41) is 10.1. The van der Waals surface area contributed by atoms with E-state index < -0.39 is 23.8 Å². The highest BCUT2D eigenvalue weighted by atomic mass is 19.4. The number of rotatable bonds is 4. The normalized spacial score (nSPS) is 14.8. The predicted molar refractivity (Wildman–Crippen MR) is 46.0 cm³/mol. The summed E-state index contributed by atoms with van der Waals surface area (Å²) in [4.78, 5) is 21.6. The van der Waals surface area contributed by atoms with E-state index in [4.69, 9.17) is 5.11 Å². The molecule has 0 aliphatic carbocycles. The molecule has 5 nitrogen and oxygen atoms in total. The maximum absolute atomic E-state index is 12.4. The third kappa shape index (κ3) is 2.96. The van der Waals surface area contributed by atoms with Gasteiger partial charge in [0.05, 0.1) is 6.61 Å². The van der Waals surface area contributed by atoms with Crippen LogP contribution in [0.5, 0.6) is 0 Å². The van der Waals surface area contributed by atoms with Crippen molar-refractivity contribution in [1.82, 2.24) is 5.32 Å². The molecule has 0 fully saturated rings. The van der Waals surface area contributed by atoms with Crippen molar-refractivity contribution in [1.29, 1.82) is 0 Å². The summed E-state index contributed by atoms with van der Waals surface area (Å²) in [6, 6.07) is 0. The fraction of sp³-hybridized carbons (Fsp3) is 0.500. The van der Waals surface area contributed by atoms with Crippen LogP contribution in [0.1, 0.15) is 6.92 Å². The van der Waals surface area contributed by atoms with E-state index in [1.165, 1.54) is 6.92 Å². The van der Waals surface area contributed by atoms with Gasteiger partial charge < -0.3 is 15.2 Å². The lowest BCUT2D eigenvalue weighted by Gasteiger charge is -2.28. The van der Waals surface area contributed by atoms with Gasteiger partial charge in [0.1, 0.15) is 0 Å². The van der Waals surface area contributed by atoms with Crippen molar-refractivity contribution in [2.45, 2.75) is 18.8 Å². The summed E-state index contributed by atoms with van der Waals surface area (Å²) < 4.78 is 41.1. The van der Waals surface area contributed by atoms with Crippen LogP contribution in [0.3, 0.4) is 0 Å². The van der Waals surface area contributed by atoms with Gasteiger partial charge in [-0.3, -0.25) is 4.79 Å². The second-order valence-corrected chi connectivity index (χ2v) is 2.62. The van der Waals surface area contributed by atoms with Gasteiger partial charge in [-0.1, -0.05) is 6.58 Å². The molecule has 1 amide bonds. The molecule has 0 aliphatic rings. The average Bonchev–Trinajstić information content (AvgIpc) is 2.16. The van der Waals surface area contributed by atoms with Crippen LogP contribution >= 0.6 is 0 Å². The molecule has 0 heterocycles. The van der Waals surface area contributed by atoms with E-state index >= 15 is 0 Å². The summed E-state index contributed by atoms with van der Waals surface area (Å²) in [6.45, 7) is 3.77. The summed E-state index contributed by atoms with van der Waals surface area (Å²) >= 11 is 0. The molecule has 0 unspecified atom stereocenters. The zero-order valence-electron chi connectivity index (χ0n) is 8.30. The summed E-state index contributed by atoms with van der Waals surface area (Å²) in [6.07, 6.45) is -4.91. The van der Waals surface area contributed by atoms with Crippen LogP contribution in [0.25, 0.3) is 0 Å². The first kappa shape index (κ1) is 14.4. The SMILES string of the molecule is C=CC(=O)N[C@@](O)(C(=O)OCC)C(F)(F)F. The van der Waals surface area contributed by atoms with Crippen LogP contribution in [0.2, 0.25) is 0 Å². The number of esters is 1. The molecule has 92 valence electrons. The topological polar surface area (TPSA) is 75.6 Å². The van der Waals surface area contributed by atoms with E-state index in [9.17, 15) is 22.8 Å². The van der Waals surface area contributed by atoms with Gasteiger partial charge >= 0.3 is 17.9 Å². The zero-order chi connectivity index (χ0) is 13.0. The van der Waals surface area contributed by atoms with Crippen LogP contribution in [0.15, 0.2) is 12.7 Å². The molecule has 0 saturated heterocycles. The maximum Gasteiger partial charge on any atom is 0.448 e. The standard InChI is InChI=1S/C8H10F3NO4/c1-3-5(13)12-7(15,8(9,10)11)6(14)16-4-2/h3,15H,1,4H2,2H3,(H,12,13)/t7-/m1/s1. The van der Waals surface area contributed by atoms with Gasteiger partial charge in [-0.15, -0.1) is 0 Å². The van der Waals surface area contributed by atoms with Crippen molar-refractivity contribution in [2.75, 3.05) is 6.61 Å². The Balaban J connectivity index is 5.11. The van der Waals surface area contributed by atoms with Crippen molar-refractivity contribution in [3.05, 3.63) is 12.7 Å². The Labute approximate surface area is 88.9 Å². The van der Waals surface area contributed by atoms with Crippen LogP contribution in [-0.2, 0) is 14.3 Å². The molecule has 0 saturated carbocycles. The highest BCUT2D eigenvalue weighted by Gasteiger charge is 2.62. The number of carbonyl (C=O) groups excluding carboxylic acids is 2. The number of alkyl halides is 3. The summed E-state index contributed by atoms with van der Waals surface area (Å²) in [5.74, 6) is -3.36. The Morgan fingerprint density at radius 3 is 2.31 bits per heavy atom. The van der Waals surface area contributed by atoms with Gasteiger partial charge in [0.15, 0.2) is 0 Å². The molecule has 8 heteroatoms. The van der Waals surface area contributed by atoms with Crippen LogP contribution < -0.4 is 5.32 Å². The maximum atomic E-state index is 12.4. The smallest absolute Gasteiger partial charge is 0.448 e. The number of ether oxygens (including phenoxy) is 1. The molecule has 0 aromatic carbocycles. The van der Waals surface area contributed by atoms with Crippen molar-refractivity contribution < 1.29 is 32.6 Å². The van der Waals surface area contributed by atoms with Gasteiger partial charge in [-0.05, 0) is 13.0 Å². The molecule has 0 bridgehead atoms. The zero-order valence-corrected chi connectivity index (χ0v) is 8.30. The van der Waals surface area contributed by atoms with Gasteiger partial charge in [0.25, 0.3) is 0 Å². The number of halogens is 3. The molecule has 0 spiro atoms. The molecule has 0 aromatic rings. The molecule has 0 aliphatic heterocycles. The fourth-order valence-electron chi connectivity index (χ4n) is 0.702. The molecule has 0 rings (SSSR count). The Bertz CT molecular complexity index is 302. The second kappa shape index (κ2) is 4.97. The highest BCUT2D eigenvalue weighted by Crippen LogP contribution is 2.29. The first-order valence-corrected chi connectivity index (χ1v) is 4.10. The summed E-state index contributed by atoms with van der Waals surface area (Å²) in [5.41, 5.74) is -4.06. The molecule has 16 heavy (non-hydrogen) atoms. The minimum atomic E-state index is -5.39. The van der Waals surface area contributed by atoms with Gasteiger partial charge in [0.2, 0.25) is 5.91 Å². The van der Waals surface area contributed by atoms with E-state index in [1.807, 2.05) is 0 Å². The predicted octanol–water partition coefficient (Wildman–Crippen LogP) is 0.103. The molecule has 0 radical (unpaired) electrons. The van der Waals surface area contributed by atoms with Crippen molar-refractivity contribution in [2.24, 2.45) is 0 Å². The van der Waals surface area contributed by atoms with Crippen molar-refractivity contribution in [3.8, 4) is 0 Å². The minimum Gasteiger partial charge on any atom is -0.462 e. The van der Waals surface area contributed by atoms with Crippen molar-refractivity contribution >= 4 is 11.9 Å². The summed E-state index contributed by atoms with van der Waals surface area (Å²) in [7, 11) is 0. The molecule has 1 atom stereocenters. The number of hydrogen-bond donors (Lipinski definition) is 2. The van der Waals surface area contributed by atoms with Crippen LogP contribution in [-0.4, -0.2) is 35.5 Å². The lowest BCUT2D eigenvalue weighted by Crippen LogP contribution is -2.64. The molecule has 2 N–H and O–H groups in total. The lowest BCUT2D eigenvalue weighted by atomic mass is 10.2. The first-order valence-electron chi connectivity index (χ1n) is 4.10. The van der Waals surface area contributed by atoms with E-state index in [0.29, 0.717) is 6.08 Å². The van der Waals surface area contributed by atoms with Crippen molar-refractivity contribution in [3.63, 3.8) is 0 Å². The van der Waals surface area contributed by atoms with Crippen LogP contribution in [0, 0.1) is 0 Å². The van der Waals surface area contributed by atoms with Gasteiger partial charge in [-0.2, -0.15) is 13.2 Å². The Morgan fingerprint density at radius 2 is 2.00 bits per heavy atom. The lowest BCUT2D eigenvalue weighted by molar-refractivity contribution is -0.271. The van der Waals surface area contributed by atoms with E-state index in [1.54, 1.807) is 0 Å². The number of hydrogen-bond acceptors (Lipinski definition) is 4. The average molecular weight is 241 g/mol. The highest BCUT2D eigenvalue weighted by molar-refractivity contribution is 5.92. The fourth-order valence-corrected chi connectivity index (χ4v) is 0.702.